The molecule has 4 saturated heterocycles. The summed E-state index contributed by atoms with van der Waals surface area (Å²) >= 11 is 0. The molecule has 0 saturated carbocycles. The molecule has 2 aromatic carbocycles. The molecule has 18 heteroatoms. The van der Waals surface area contributed by atoms with Gasteiger partial charge in [-0.25, -0.2) is 19.2 Å². The Morgan fingerprint density at radius 3 is 1.32 bits per heavy atom. The standard InChI is InChI=1S/C44H62N8O10/c1-43(2,3)61-41(57)49-31(37(53)51-23-21-29-35(51)33(25-45-29)59-39(55)47-27-15-9-7-10-16-27)19-13-14-20-32(50-42(58)62-44(4,5)6)38(54)52-24-22-30-36(52)34(26-46-30)60-40(56)48-28-17-11-8-12-18-28/h7-12,15-18,29-36,45-46H,13-14,19-26H2,1-6H3,(H,47,55)(H,48,56)(H,49,57)(H,50,58)/t29-,30-,31+,32+,33+,34+,35+,36+/m1/s1. The molecule has 6 N–H and O–H groups in total. The predicted octanol–water partition coefficient (Wildman–Crippen LogP) is 4.71. The molecule has 18 nitrogen and oxygen atoms in total. The number of fused-ring (bicyclic) bond motifs is 2. The van der Waals surface area contributed by atoms with E-state index in [1.54, 1.807) is 99.9 Å². The third kappa shape index (κ3) is 12.5. The number of nitrogens with one attached hydrogen (secondary N) is 6. The highest BCUT2D eigenvalue weighted by molar-refractivity contribution is 5.88. The predicted molar refractivity (Wildman–Crippen MR) is 229 cm³/mol. The molecule has 0 spiro atoms. The zero-order valence-corrected chi connectivity index (χ0v) is 36.4. The lowest BCUT2D eigenvalue weighted by Gasteiger charge is -2.32. The molecular formula is C44H62N8O10. The average molecular weight is 863 g/mol. The number of alkyl carbamates (subject to hydrolysis) is 2. The molecule has 4 aliphatic heterocycles. The number of para-hydroxylation sites is 2. The van der Waals surface area contributed by atoms with E-state index in [9.17, 15) is 28.8 Å². The van der Waals surface area contributed by atoms with Gasteiger partial charge in [0.1, 0.15) is 35.5 Å². The third-order valence-electron chi connectivity index (χ3n) is 11.2. The van der Waals surface area contributed by atoms with E-state index in [1.807, 2.05) is 12.1 Å². The number of carbonyl (C=O) groups is 6. The van der Waals surface area contributed by atoms with Crippen LogP contribution in [-0.4, -0.2) is 132 Å². The minimum absolute atomic E-state index is 0.107. The Morgan fingerprint density at radius 1 is 0.597 bits per heavy atom. The molecule has 6 amide bonds. The van der Waals surface area contributed by atoms with E-state index in [2.05, 4.69) is 31.9 Å². The number of ether oxygens (including phenoxy) is 4. The first kappa shape index (κ1) is 45.9. The Kier molecular flexibility index (Phi) is 14.8. The quantitative estimate of drug-likeness (QED) is 0.119. The van der Waals surface area contributed by atoms with Gasteiger partial charge in [0.05, 0.1) is 12.1 Å². The summed E-state index contributed by atoms with van der Waals surface area (Å²) < 4.78 is 22.8. The number of anilines is 2. The second kappa shape index (κ2) is 20.0. The number of carbonyl (C=O) groups excluding carboxylic acids is 6. The number of nitrogens with zero attached hydrogens (tertiary/aromatic N) is 2. The van der Waals surface area contributed by atoms with Gasteiger partial charge in [0.15, 0.2) is 0 Å². The fourth-order valence-corrected chi connectivity index (χ4v) is 8.63. The minimum atomic E-state index is -1.00. The van der Waals surface area contributed by atoms with Crippen LogP contribution in [0.4, 0.5) is 30.6 Å². The van der Waals surface area contributed by atoms with Crippen molar-refractivity contribution in [1.82, 2.24) is 31.1 Å². The lowest BCUT2D eigenvalue weighted by molar-refractivity contribution is -0.137. The van der Waals surface area contributed by atoms with Crippen molar-refractivity contribution in [3.05, 3.63) is 60.7 Å². The van der Waals surface area contributed by atoms with Gasteiger partial charge in [-0.05, 0) is 91.5 Å². The van der Waals surface area contributed by atoms with Crippen LogP contribution in [0.1, 0.15) is 80.1 Å². The molecule has 0 aliphatic carbocycles. The van der Waals surface area contributed by atoms with Crippen molar-refractivity contribution in [3.63, 3.8) is 0 Å². The number of likely N-dealkylation sites (tertiary alicyclic amines) is 2. The minimum Gasteiger partial charge on any atom is -0.444 e. The van der Waals surface area contributed by atoms with Crippen LogP contribution in [0.25, 0.3) is 0 Å². The molecule has 6 rings (SSSR count). The van der Waals surface area contributed by atoms with Gasteiger partial charge >= 0.3 is 24.4 Å². The van der Waals surface area contributed by atoms with Gasteiger partial charge in [0.25, 0.3) is 0 Å². The van der Waals surface area contributed by atoms with Crippen LogP contribution in [0.15, 0.2) is 60.7 Å². The lowest BCUT2D eigenvalue weighted by Crippen LogP contribution is -2.54. The first-order valence-electron chi connectivity index (χ1n) is 21.6. The van der Waals surface area contributed by atoms with E-state index < -0.39 is 72.0 Å². The maximum absolute atomic E-state index is 14.4. The van der Waals surface area contributed by atoms with E-state index in [1.165, 1.54) is 0 Å². The smallest absolute Gasteiger partial charge is 0.412 e. The zero-order valence-electron chi connectivity index (χ0n) is 36.4. The molecule has 0 aromatic heterocycles. The van der Waals surface area contributed by atoms with E-state index in [0.29, 0.717) is 63.2 Å². The summed E-state index contributed by atoms with van der Waals surface area (Å²) in [4.78, 5) is 84.2. The van der Waals surface area contributed by atoms with E-state index in [-0.39, 0.29) is 36.7 Å². The van der Waals surface area contributed by atoms with Crippen molar-refractivity contribution >= 4 is 47.6 Å². The van der Waals surface area contributed by atoms with Crippen molar-refractivity contribution < 1.29 is 47.7 Å². The summed E-state index contributed by atoms with van der Waals surface area (Å²) in [5, 5.41) is 17.8. The van der Waals surface area contributed by atoms with Crippen LogP contribution in [0, 0.1) is 0 Å². The Labute approximate surface area is 362 Å². The zero-order chi connectivity index (χ0) is 44.6. The Bertz CT molecular complexity index is 1760. The van der Waals surface area contributed by atoms with Gasteiger partial charge in [-0.2, -0.15) is 0 Å². The van der Waals surface area contributed by atoms with Crippen LogP contribution in [0.5, 0.6) is 0 Å². The normalized spacial score (nSPS) is 23.9. The molecular weight excluding hydrogens is 801 g/mol. The third-order valence-corrected chi connectivity index (χ3v) is 11.2. The van der Waals surface area contributed by atoms with Crippen LogP contribution >= 0.6 is 0 Å². The molecule has 4 aliphatic rings. The summed E-state index contributed by atoms with van der Waals surface area (Å²) in [6, 6.07) is 14.7. The summed E-state index contributed by atoms with van der Waals surface area (Å²) in [7, 11) is 0. The number of benzene rings is 2. The highest BCUT2D eigenvalue weighted by Gasteiger charge is 2.51. The SMILES string of the molecule is CC(C)(C)OC(=O)N[C@@H](CCCC[C@H](NC(=O)OC(C)(C)C)C(=O)N1CC[C@H]2NC[C@H](OC(=O)Nc3ccccc3)[C@H]21)C(=O)N1CC[C@H]2NC[C@H](OC(=O)Nc3ccccc3)[C@H]21. The summed E-state index contributed by atoms with van der Waals surface area (Å²) in [5.74, 6) is -0.689. The molecule has 0 radical (unpaired) electrons. The number of amides is 6. The van der Waals surface area contributed by atoms with Gasteiger partial charge in [-0.1, -0.05) is 49.2 Å². The second-order valence-electron chi connectivity index (χ2n) is 18.2. The molecule has 0 unspecified atom stereocenters. The molecule has 2 aromatic rings. The maximum atomic E-state index is 14.4. The Hall–Kier alpha value is -5.62. The van der Waals surface area contributed by atoms with E-state index >= 15 is 0 Å². The molecule has 62 heavy (non-hydrogen) atoms. The van der Waals surface area contributed by atoms with Gasteiger partial charge in [0.2, 0.25) is 11.8 Å². The van der Waals surface area contributed by atoms with Crippen LogP contribution < -0.4 is 31.9 Å². The average Bonchev–Trinajstić information content (AvgIpc) is 3.99. The Balaban J connectivity index is 1.12. The van der Waals surface area contributed by atoms with Crippen molar-refractivity contribution in [2.24, 2.45) is 0 Å². The lowest BCUT2D eigenvalue weighted by atomic mass is 10.0. The molecule has 338 valence electrons. The van der Waals surface area contributed by atoms with Gasteiger partial charge < -0.3 is 50.0 Å². The van der Waals surface area contributed by atoms with Crippen LogP contribution in [-0.2, 0) is 28.5 Å². The molecule has 8 atom stereocenters. The number of hydrogen-bond donors (Lipinski definition) is 6. The molecule has 4 heterocycles. The van der Waals surface area contributed by atoms with Gasteiger partial charge in [-0.15, -0.1) is 0 Å². The highest BCUT2D eigenvalue weighted by atomic mass is 16.6. The second-order valence-corrected chi connectivity index (χ2v) is 18.2. The topological polar surface area (TPSA) is 218 Å². The van der Waals surface area contributed by atoms with Gasteiger partial charge in [0, 0.05) is 49.6 Å². The monoisotopic (exact) mass is 862 g/mol. The van der Waals surface area contributed by atoms with Crippen LogP contribution in [0.3, 0.4) is 0 Å². The van der Waals surface area contributed by atoms with Crippen molar-refractivity contribution in [1.29, 1.82) is 0 Å². The van der Waals surface area contributed by atoms with Crippen molar-refractivity contribution in [2.75, 3.05) is 36.8 Å². The van der Waals surface area contributed by atoms with Crippen molar-refractivity contribution in [2.45, 2.75) is 140 Å². The summed E-state index contributed by atoms with van der Waals surface area (Å²) in [6.07, 6.45) is -1.65. The molecule has 0 bridgehead atoms. The highest BCUT2D eigenvalue weighted by Crippen LogP contribution is 2.31. The first-order chi connectivity index (χ1) is 29.4. The van der Waals surface area contributed by atoms with E-state index in [4.69, 9.17) is 18.9 Å². The fourth-order valence-electron chi connectivity index (χ4n) is 8.63. The maximum Gasteiger partial charge on any atom is 0.412 e. The summed E-state index contributed by atoms with van der Waals surface area (Å²) in [6.45, 7) is 11.9. The number of rotatable bonds is 13. The van der Waals surface area contributed by atoms with Crippen molar-refractivity contribution in [3.8, 4) is 0 Å². The first-order valence-corrected chi connectivity index (χ1v) is 21.6. The van der Waals surface area contributed by atoms with Gasteiger partial charge in [-0.3, -0.25) is 20.2 Å². The van der Waals surface area contributed by atoms with E-state index in [0.717, 1.165) is 0 Å². The summed E-state index contributed by atoms with van der Waals surface area (Å²) in [5.41, 5.74) is -0.491. The fraction of sp³-hybridized carbons (Fsp3) is 0.591. The largest absolute Gasteiger partial charge is 0.444 e. The molecule has 4 fully saturated rings. The van der Waals surface area contributed by atoms with Crippen LogP contribution in [0.2, 0.25) is 0 Å². The Morgan fingerprint density at radius 2 is 0.968 bits per heavy atom. The number of unbranched alkanes of at least 4 members (excludes halogenated alkanes) is 1. The number of hydrogen-bond acceptors (Lipinski definition) is 12.